The van der Waals surface area contributed by atoms with Crippen molar-refractivity contribution in [2.45, 2.75) is 32.7 Å². The molecule has 0 saturated carbocycles. The molecule has 1 atom stereocenters. The predicted molar refractivity (Wildman–Crippen MR) is 84.1 cm³/mol. The van der Waals surface area contributed by atoms with Gasteiger partial charge in [0.1, 0.15) is 5.75 Å². The van der Waals surface area contributed by atoms with Crippen molar-refractivity contribution < 1.29 is 23.9 Å². The van der Waals surface area contributed by atoms with Crippen molar-refractivity contribution in [1.82, 2.24) is 10.6 Å². The normalized spacial score (nSPS) is 11.3. The van der Waals surface area contributed by atoms with Gasteiger partial charge >= 0.3 is 12.0 Å². The Morgan fingerprint density at radius 1 is 1.26 bits per heavy atom. The maximum atomic E-state index is 11.7. The molecule has 23 heavy (non-hydrogen) atoms. The molecule has 0 fully saturated rings. The van der Waals surface area contributed by atoms with E-state index in [0.717, 1.165) is 6.42 Å². The van der Waals surface area contributed by atoms with Gasteiger partial charge in [0.25, 0.3) is 5.91 Å². The van der Waals surface area contributed by atoms with Crippen LogP contribution in [0.5, 0.6) is 5.75 Å². The summed E-state index contributed by atoms with van der Waals surface area (Å²) in [6.07, 6.45) is 0.765. The molecule has 1 aromatic rings. The van der Waals surface area contributed by atoms with Crippen molar-refractivity contribution >= 4 is 17.9 Å². The van der Waals surface area contributed by atoms with E-state index in [4.69, 9.17) is 9.47 Å². The van der Waals surface area contributed by atoms with Crippen LogP contribution in [0.3, 0.4) is 0 Å². The Kier molecular flexibility index (Phi) is 7.59. The van der Waals surface area contributed by atoms with Crippen LogP contribution in [0.4, 0.5) is 4.79 Å². The van der Waals surface area contributed by atoms with Gasteiger partial charge in [-0.15, -0.1) is 0 Å². The number of ether oxygens (including phenoxy) is 2. The molecular weight excluding hydrogens is 300 g/mol. The van der Waals surface area contributed by atoms with Crippen molar-refractivity contribution in [3.05, 3.63) is 29.8 Å². The molecule has 0 radical (unpaired) electrons. The number of methoxy groups -OCH3 is 1. The van der Waals surface area contributed by atoms with Crippen LogP contribution < -0.4 is 15.4 Å². The zero-order chi connectivity index (χ0) is 17.2. The third-order valence-electron chi connectivity index (χ3n) is 3.09. The molecule has 0 bridgehead atoms. The molecular formula is C16H22N2O5. The predicted octanol–water partition coefficient (Wildman–Crippen LogP) is 1.41. The van der Waals surface area contributed by atoms with Gasteiger partial charge in [-0.25, -0.2) is 4.79 Å². The van der Waals surface area contributed by atoms with Crippen LogP contribution in [0.25, 0.3) is 0 Å². The Hall–Kier alpha value is -2.57. The first kappa shape index (κ1) is 18.5. The molecule has 7 heteroatoms. The van der Waals surface area contributed by atoms with E-state index in [1.807, 2.05) is 13.8 Å². The number of carbonyl (C=O) groups is 3. The summed E-state index contributed by atoms with van der Waals surface area (Å²) in [5, 5.41) is 4.67. The molecule has 1 aromatic carbocycles. The zero-order valence-electron chi connectivity index (χ0n) is 13.5. The second-order valence-corrected chi connectivity index (χ2v) is 5.02. The highest BCUT2D eigenvalue weighted by Gasteiger charge is 2.12. The van der Waals surface area contributed by atoms with Crippen molar-refractivity contribution in [1.29, 1.82) is 0 Å². The molecule has 0 saturated heterocycles. The highest BCUT2D eigenvalue weighted by molar-refractivity contribution is 5.95. The summed E-state index contributed by atoms with van der Waals surface area (Å²) < 4.78 is 9.90. The average molecular weight is 322 g/mol. The number of hydrogen-bond donors (Lipinski definition) is 2. The van der Waals surface area contributed by atoms with E-state index in [2.05, 4.69) is 10.6 Å². The summed E-state index contributed by atoms with van der Waals surface area (Å²) in [6.45, 7) is 3.22. The number of hydrogen-bond acceptors (Lipinski definition) is 5. The first-order valence-corrected chi connectivity index (χ1v) is 7.33. The minimum absolute atomic E-state index is 0.0174. The van der Waals surface area contributed by atoms with E-state index in [0.29, 0.717) is 11.3 Å². The average Bonchev–Trinajstić information content (AvgIpc) is 2.52. The highest BCUT2D eigenvalue weighted by atomic mass is 16.5. The van der Waals surface area contributed by atoms with E-state index in [1.54, 1.807) is 24.3 Å². The summed E-state index contributed by atoms with van der Waals surface area (Å²) in [5.41, 5.74) is 0.712. The molecule has 0 unspecified atom stereocenters. The van der Waals surface area contributed by atoms with Gasteiger partial charge in [-0.3, -0.25) is 14.9 Å². The van der Waals surface area contributed by atoms with E-state index >= 15 is 0 Å². The topological polar surface area (TPSA) is 93.7 Å². The largest absolute Gasteiger partial charge is 0.497 e. The molecule has 3 amide bonds. The van der Waals surface area contributed by atoms with Crippen molar-refractivity contribution in [3.63, 3.8) is 0 Å². The third kappa shape index (κ3) is 7.30. The van der Waals surface area contributed by atoms with Crippen LogP contribution in [0.15, 0.2) is 24.3 Å². The molecule has 126 valence electrons. The number of imide groups is 1. The van der Waals surface area contributed by atoms with Crippen molar-refractivity contribution in [3.8, 4) is 5.75 Å². The van der Waals surface area contributed by atoms with E-state index < -0.39 is 24.5 Å². The Balaban J connectivity index is 2.34. The quantitative estimate of drug-likeness (QED) is 0.740. The Morgan fingerprint density at radius 2 is 2.00 bits per heavy atom. The lowest BCUT2D eigenvalue weighted by molar-refractivity contribution is -0.147. The van der Waals surface area contributed by atoms with E-state index in [1.165, 1.54) is 7.11 Å². The van der Waals surface area contributed by atoms with Gasteiger partial charge in [0.05, 0.1) is 13.5 Å². The SMILES string of the molecule is CC[C@@H](C)NC(=O)NC(=O)COC(=O)Cc1cccc(OC)c1. The van der Waals surface area contributed by atoms with Crippen molar-refractivity contribution in [2.24, 2.45) is 0 Å². The molecule has 7 nitrogen and oxygen atoms in total. The first-order valence-electron chi connectivity index (χ1n) is 7.33. The van der Waals surface area contributed by atoms with Crippen molar-refractivity contribution in [2.75, 3.05) is 13.7 Å². The minimum atomic E-state index is -0.676. The summed E-state index contributed by atoms with van der Waals surface area (Å²) >= 11 is 0. The monoisotopic (exact) mass is 322 g/mol. The van der Waals surface area contributed by atoms with Crippen LogP contribution in [0.2, 0.25) is 0 Å². The van der Waals surface area contributed by atoms with Gasteiger partial charge in [0.2, 0.25) is 0 Å². The smallest absolute Gasteiger partial charge is 0.321 e. The summed E-state index contributed by atoms with van der Waals surface area (Å²) in [7, 11) is 1.53. The highest BCUT2D eigenvalue weighted by Crippen LogP contribution is 2.13. The van der Waals surface area contributed by atoms with Gasteiger partial charge in [0.15, 0.2) is 6.61 Å². The lowest BCUT2D eigenvalue weighted by atomic mass is 10.1. The fourth-order valence-electron chi connectivity index (χ4n) is 1.67. The fourth-order valence-corrected chi connectivity index (χ4v) is 1.67. The van der Waals surface area contributed by atoms with E-state index in [9.17, 15) is 14.4 Å². The Labute approximate surface area is 135 Å². The van der Waals surface area contributed by atoms with Crippen LogP contribution in [0, 0.1) is 0 Å². The first-order chi connectivity index (χ1) is 10.9. The lowest BCUT2D eigenvalue weighted by Crippen LogP contribution is -2.44. The van der Waals surface area contributed by atoms with Crippen LogP contribution in [-0.2, 0) is 20.7 Å². The fraction of sp³-hybridized carbons (Fsp3) is 0.438. The second-order valence-electron chi connectivity index (χ2n) is 5.02. The number of esters is 1. The number of benzene rings is 1. The van der Waals surface area contributed by atoms with Crippen LogP contribution in [0.1, 0.15) is 25.8 Å². The number of urea groups is 1. The molecule has 0 aliphatic heterocycles. The standard InChI is InChI=1S/C16H22N2O5/c1-4-11(2)17-16(21)18-14(19)10-23-15(20)9-12-6-5-7-13(8-12)22-3/h5-8,11H,4,9-10H2,1-3H3,(H2,17,18,19,21)/t11-/m1/s1. The Morgan fingerprint density at radius 3 is 2.65 bits per heavy atom. The summed E-state index contributed by atoms with van der Waals surface area (Å²) in [4.78, 5) is 34.6. The number of nitrogens with one attached hydrogen (secondary N) is 2. The molecule has 0 aliphatic carbocycles. The molecule has 0 heterocycles. The number of rotatable bonds is 7. The Bertz CT molecular complexity index is 559. The van der Waals surface area contributed by atoms with Crippen LogP contribution in [-0.4, -0.2) is 37.7 Å². The molecule has 0 aromatic heterocycles. The lowest BCUT2D eigenvalue weighted by Gasteiger charge is -2.11. The maximum absolute atomic E-state index is 11.7. The second kappa shape index (κ2) is 9.45. The minimum Gasteiger partial charge on any atom is -0.497 e. The number of carbonyl (C=O) groups excluding carboxylic acids is 3. The molecule has 0 aliphatic rings. The van der Waals surface area contributed by atoms with Gasteiger partial charge < -0.3 is 14.8 Å². The number of amides is 3. The molecule has 2 N–H and O–H groups in total. The third-order valence-corrected chi connectivity index (χ3v) is 3.09. The van der Waals surface area contributed by atoms with E-state index in [-0.39, 0.29) is 12.5 Å². The molecule has 1 rings (SSSR count). The zero-order valence-corrected chi connectivity index (χ0v) is 13.5. The molecule has 0 spiro atoms. The maximum Gasteiger partial charge on any atom is 0.321 e. The van der Waals surface area contributed by atoms with Gasteiger partial charge in [-0.1, -0.05) is 19.1 Å². The van der Waals surface area contributed by atoms with Gasteiger partial charge in [-0.05, 0) is 31.0 Å². The van der Waals surface area contributed by atoms with Crippen LogP contribution >= 0.6 is 0 Å². The van der Waals surface area contributed by atoms with Gasteiger partial charge in [-0.2, -0.15) is 0 Å². The van der Waals surface area contributed by atoms with Gasteiger partial charge in [0, 0.05) is 6.04 Å². The summed E-state index contributed by atoms with van der Waals surface area (Å²) in [5.74, 6) is -0.602. The summed E-state index contributed by atoms with van der Waals surface area (Å²) in [6, 6.07) is 6.34.